The molecule has 3 rings (SSSR count). The lowest BCUT2D eigenvalue weighted by Gasteiger charge is -2.37. The van der Waals surface area contributed by atoms with Crippen LogP contribution < -0.4 is 5.32 Å². The normalized spacial score (nSPS) is 21.9. The summed E-state index contributed by atoms with van der Waals surface area (Å²) in [4.78, 5) is 27.3. The molecule has 0 spiro atoms. The zero-order valence-corrected chi connectivity index (χ0v) is 14.8. The van der Waals surface area contributed by atoms with Crippen LogP contribution >= 0.6 is 0 Å². The number of nitrogens with zero attached hydrogens (tertiary/aromatic N) is 2. The molecule has 2 amide bonds. The molecule has 132 valence electrons. The number of amides is 2. The number of hydrogen-bond acceptors (Lipinski definition) is 2. The van der Waals surface area contributed by atoms with E-state index in [4.69, 9.17) is 0 Å². The van der Waals surface area contributed by atoms with Crippen LogP contribution in [-0.4, -0.2) is 40.4 Å². The van der Waals surface area contributed by atoms with E-state index >= 15 is 0 Å². The van der Waals surface area contributed by atoms with Crippen molar-refractivity contribution in [3.8, 4) is 0 Å². The molecule has 0 saturated heterocycles. The van der Waals surface area contributed by atoms with Gasteiger partial charge in [-0.25, -0.2) is 0 Å². The summed E-state index contributed by atoms with van der Waals surface area (Å²) in [6, 6.07) is 3.32. The smallest absolute Gasteiger partial charge is 0.271 e. The second-order valence-electron chi connectivity index (χ2n) is 7.66. The van der Waals surface area contributed by atoms with E-state index in [2.05, 4.69) is 19.2 Å². The lowest BCUT2D eigenvalue weighted by Crippen LogP contribution is -2.56. The summed E-state index contributed by atoms with van der Waals surface area (Å²) < 4.78 is 1.91. The van der Waals surface area contributed by atoms with E-state index in [1.54, 1.807) is 4.90 Å². The second-order valence-corrected chi connectivity index (χ2v) is 7.66. The van der Waals surface area contributed by atoms with E-state index in [1.165, 1.54) is 32.1 Å². The van der Waals surface area contributed by atoms with Crippen molar-refractivity contribution in [2.75, 3.05) is 13.1 Å². The molecule has 1 aromatic heterocycles. The fourth-order valence-corrected chi connectivity index (χ4v) is 3.92. The molecule has 1 N–H and O–H groups in total. The molecule has 1 unspecified atom stereocenters. The fraction of sp³-hybridized carbons (Fsp3) is 0.684. The summed E-state index contributed by atoms with van der Waals surface area (Å²) in [7, 11) is 0. The monoisotopic (exact) mass is 331 g/mol. The van der Waals surface area contributed by atoms with Crippen LogP contribution in [0.3, 0.4) is 0 Å². The molecule has 1 aliphatic heterocycles. The predicted molar refractivity (Wildman–Crippen MR) is 93.7 cm³/mol. The predicted octanol–water partition coefficient (Wildman–Crippen LogP) is 2.67. The summed E-state index contributed by atoms with van der Waals surface area (Å²) in [5.41, 5.74) is 0.687. The molecule has 24 heavy (non-hydrogen) atoms. The average Bonchev–Trinajstić information content (AvgIpc) is 3.04. The van der Waals surface area contributed by atoms with Crippen LogP contribution in [0.25, 0.3) is 0 Å². The lowest BCUT2D eigenvalue weighted by molar-refractivity contribution is -0.126. The average molecular weight is 331 g/mol. The Morgan fingerprint density at radius 2 is 2.04 bits per heavy atom. The van der Waals surface area contributed by atoms with Gasteiger partial charge < -0.3 is 14.8 Å². The Hall–Kier alpha value is -1.78. The van der Waals surface area contributed by atoms with Gasteiger partial charge in [0, 0.05) is 19.3 Å². The number of fused-ring (bicyclic) bond motifs is 1. The fourth-order valence-electron chi connectivity index (χ4n) is 3.92. The summed E-state index contributed by atoms with van der Waals surface area (Å²) in [5, 5.41) is 3.12. The van der Waals surface area contributed by atoms with Crippen molar-refractivity contribution < 1.29 is 9.59 Å². The van der Waals surface area contributed by atoms with Gasteiger partial charge in [-0.2, -0.15) is 0 Å². The molecule has 1 atom stereocenters. The topological polar surface area (TPSA) is 54.3 Å². The first-order valence-corrected chi connectivity index (χ1v) is 9.30. The zero-order chi connectivity index (χ0) is 17.1. The molecule has 0 bridgehead atoms. The van der Waals surface area contributed by atoms with Crippen LogP contribution in [0.5, 0.6) is 0 Å². The number of carbonyl (C=O) groups excluding carboxylic acids is 2. The van der Waals surface area contributed by atoms with Gasteiger partial charge in [0.05, 0.1) is 6.54 Å². The molecule has 2 heterocycles. The summed E-state index contributed by atoms with van der Waals surface area (Å²) in [6.45, 7) is 6.08. The van der Waals surface area contributed by atoms with Crippen molar-refractivity contribution in [2.24, 2.45) is 11.8 Å². The van der Waals surface area contributed by atoms with Crippen LogP contribution in [0.4, 0.5) is 0 Å². The molecule has 5 heteroatoms. The molecule has 1 aromatic rings. The van der Waals surface area contributed by atoms with E-state index in [-0.39, 0.29) is 11.8 Å². The minimum atomic E-state index is -0.400. The molecular weight excluding hydrogens is 302 g/mol. The minimum absolute atomic E-state index is 0.00563. The molecule has 5 nitrogen and oxygen atoms in total. The first-order valence-electron chi connectivity index (χ1n) is 9.30. The van der Waals surface area contributed by atoms with Gasteiger partial charge in [-0.05, 0) is 36.8 Å². The highest BCUT2D eigenvalue weighted by atomic mass is 16.2. The lowest BCUT2D eigenvalue weighted by atomic mass is 9.89. The first kappa shape index (κ1) is 17.1. The third-order valence-corrected chi connectivity index (χ3v) is 5.21. The van der Waals surface area contributed by atoms with Gasteiger partial charge in [0.2, 0.25) is 5.91 Å². The van der Waals surface area contributed by atoms with Crippen molar-refractivity contribution in [3.63, 3.8) is 0 Å². The van der Waals surface area contributed by atoms with Crippen LogP contribution in [-0.2, 0) is 11.3 Å². The van der Waals surface area contributed by atoms with E-state index in [1.807, 2.05) is 22.9 Å². The van der Waals surface area contributed by atoms with E-state index in [0.717, 1.165) is 6.54 Å². The minimum Gasteiger partial charge on any atom is -0.354 e. The van der Waals surface area contributed by atoms with Crippen molar-refractivity contribution >= 4 is 11.8 Å². The van der Waals surface area contributed by atoms with E-state index in [9.17, 15) is 9.59 Å². The van der Waals surface area contributed by atoms with Gasteiger partial charge in [-0.1, -0.05) is 33.1 Å². The Morgan fingerprint density at radius 1 is 1.29 bits per heavy atom. The molecule has 1 fully saturated rings. The van der Waals surface area contributed by atoms with Crippen molar-refractivity contribution in [1.29, 1.82) is 0 Å². The van der Waals surface area contributed by atoms with Crippen LogP contribution in [0.15, 0.2) is 18.3 Å². The molecular formula is C19H29N3O2. The maximum absolute atomic E-state index is 12.8. The number of aromatic nitrogens is 1. The third-order valence-electron chi connectivity index (χ3n) is 5.21. The van der Waals surface area contributed by atoms with Gasteiger partial charge >= 0.3 is 0 Å². The summed E-state index contributed by atoms with van der Waals surface area (Å²) in [6.07, 6.45) is 8.17. The Morgan fingerprint density at radius 3 is 2.75 bits per heavy atom. The highest BCUT2D eigenvalue weighted by Gasteiger charge is 2.36. The maximum Gasteiger partial charge on any atom is 0.271 e. The Labute approximate surface area is 144 Å². The molecule has 1 saturated carbocycles. The number of nitrogens with one attached hydrogen (secondary N) is 1. The zero-order valence-electron chi connectivity index (χ0n) is 14.8. The van der Waals surface area contributed by atoms with E-state index < -0.39 is 6.04 Å². The van der Waals surface area contributed by atoms with Crippen molar-refractivity contribution in [3.05, 3.63) is 24.0 Å². The molecule has 2 aliphatic rings. The Bertz CT molecular complexity index is 587. The summed E-state index contributed by atoms with van der Waals surface area (Å²) >= 11 is 0. The standard InChI is InChI=1S/C19H29N3O2/c1-14(2)12-22-17(13-21-10-6-9-16(21)19(22)24)18(23)20-11-15-7-4-3-5-8-15/h6,9-10,14-15,17H,3-5,7-8,11-13H2,1-2H3,(H,20,23). The Kier molecular flexibility index (Phi) is 5.27. The number of carbonyl (C=O) groups is 2. The molecule has 0 aromatic carbocycles. The van der Waals surface area contributed by atoms with Crippen molar-refractivity contribution in [1.82, 2.24) is 14.8 Å². The van der Waals surface area contributed by atoms with Gasteiger partial charge in [0.1, 0.15) is 11.7 Å². The van der Waals surface area contributed by atoms with Crippen LogP contribution in [0, 0.1) is 11.8 Å². The molecule has 0 radical (unpaired) electrons. The molecule has 1 aliphatic carbocycles. The van der Waals surface area contributed by atoms with E-state index in [0.29, 0.717) is 30.6 Å². The quantitative estimate of drug-likeness (QED) is 0.902. The van der Waals surface area contributed by atoms with Gasteiger partial charge in [-0.15, -0.1) is 0 Å². The van der Waals surface area contributed by atoms with Gasteiger partial charge in [0.15, 0.2) is 0 Å². The van der Waals surface area contributed by atoms with Gasteiger partial charge in [0.25, 0.3) is 5.91 Å². The second kappa shape index (κ2) is 7.41. The largest absolute Gasteiger partial charge is 0.354 e. The maximum atomic E-state index is 12.8. The highest BCUT2D eigenvalue weighted by Crippen LogP contribution is 2.23. The number of rotatable bonds is 5. The van der Waals surface area contributed by atoms with Crippen LogP contribution in [0.2, 0.25) is 0 Å². The van der Waals surface area contributed by atoms with Crippen LogP contribution in [0.1, 0.15) is 56.4 Å². The SMILES string of the molecule is CC(C)CN1C(=O)c2cccn2CC1C(=O)NCC1CCCCC1. The first-order chi connectivity index (χ1) is 11.6. The van der Waals surface area contributed by atoms with Crippen molar-refractivity contribution in [2.45, 2.75) is 58.5 Å². The summed E-state index contributed by atoms with van der Waals surface area (Å²) in [5.74, 6) is 0.901. The van der Waals surface area contributed by atoms with Gasteiger partial charge in [-0.3, -0.25) is 9.59 Å². The highest BCUT2D eigenvalue weighted by molar-refractivity contribution is 5.97. The Balaban J connectivity index is 1.68. The third kappa shape index (κ3) is 3.65. The number of hydrogen-bond donors (Lipinski definition) is 1.